The Bertz CT molecular complexity index is 1190. The van der Waals surface area contributed by atoms with E-state index in [0.717, 1.165) is 8.75 Å². The molecule has 0 N–H and O–H groups in total. The van der Waals surface area contributed by atoms with Gasteiger partial charge in [0.1, 0.15) is 0 Å². The Morgan fingerprint density at radius 1 is 0.850 bits per heavy atom. The van der Waals surface area contributed by atoms with Gasteiger partial charge >= 0.3 is 109 Å². The van der Waals surface area contributed by atoms with Crippen LogP contribution < -0.4 is 0 Å². The van der Waals surface area contributed by atoms with Crippen LogP contribution in [-0.4, -0.2) is 23.4 Å². The third kappa shape index (κ3) is 0.0811. The summed E-state index contributed by atoms with van der Waals surface area (Å²) in [6, 6.07) is 12.0. The fourth-order valence-electron chi connectivity index (χ4n) is 19.3. The molecule has 11 rings (SSSR count). The van der Waals surface area contributed by atoms with Gasteiger partial charge in [-0.3, -0.25) is 0 Å². The molecular formula is C18H19FeN. The molecule has 5 atom stereocenters. The van der Waals surface area contributed by atoms with Gasteiger partial charge in [0.2, 0.25) is 0 Å². The Morgan fingerprint density at radius 2 is 1.45 bits per heavy atom. The van der Waals surface area contributed by atoms with E-state index < -0.39 is 6.51 Å². The monoisotopic (exact) mass is 305 g/mol. The van der Waals surface area contributed by atoms with Gasteiger partial charge in [-0.1, -0.05) is 0 Å². The van der Waals surface area contributed by atoms with Gasteiger partial charge in [-0.05, 0) is 0 Å². The van der Waals surface area contributed by atoms with E-state index in [4.69, 9.17) is 0 Å². The first-order chi connectivity index (χ1) is 9.49. The van der Waals surface area contributed by atoms with Crippen LogP contribution in [0.15, 0.2) is 30.3 Å². The fourth-order valence-corrected chi connectivity index (χ4v) is 96.0. The summed E-state index contributed by atoms with van der Waals surface area (Å²) in [5.74, 6) is 0. The minimum absolute atomic E-state index is 0.827. The van der Waals surface area contributed by atoms with Crippen molar-refractivity contribution in [3.63, 3.8) is 0 Å². The van der Waals surface area contributed by atoms with Crippen molar-refractivity contribution < 1.29 is 6.51 Å². The van der Waals surface area contributed by atoms with Crippen LogP contribution in [0.3, 0.4) is 0 Å². The quantitative estimate of drug-likeness (QED) is 0.748. The number of fused-ring (bicyclic) bond motifs is 10. The molecule has 0 aliphatic carbocycles. The molecular weight excluding hydrogens is 286 g/mol. The number of rotatable bonds is 2. The first-order valence-electron chi connectivity index (χ1n) is 8.43. The molecule has 1 nitrogen and oxygen atoms in total. The van der Waals surface area contributed by atoms with E-state index in [1.807, 2.05) is 5.56 Å². The Labute approximate surface area is 109 Å². The summed E-state index contributed by atoms with van der Waals surface area (Å²) in [5.41, 5.74) is 1.84. The van der Waals surface area contributed by atoms with Crippen LogP contribution in [0.2, 0.25) is 38.5 Å². The Kier molecular flexibility index (Phi) is 0.272. The molecule has 0 aromatic heterocycles. The topological polar surface area (TPSA) is 3.24 Å². The molecule has 2 heteroatoms. The van der Waals surface area contributed by atoms with Crippen LogP contribution in [0, 0.1) is 0 Å². The van der Waals surface area contributed by atoms with Gasteiger partial charge in [-0.25, -0.2) is 0 Å². The number of hydrogen-bond donors (Lipinski definition) is 0. The normalized spacial score (nSPS) is 107. The van der Waals surface area contributed by atoms with Gasteiger partial charge in [-0.2, -0.15) is 0 Å². The van der Waals surface area contributed by atoms with E-state index in [0.29, 0.717) is 0 Å². The van der Waals surface area contributed by atoms with Crippen LogP contribution in [0.1, 0.15) is 5.56 Å². The summed E-state index contributed by atoms with van der Waals surface area (Å²) in [7, 11) is 4.96. The number of likely N-dealkylation sites (N-methyl/N-ethyl adjacent to an activating group) is 1. The van der Waals surface area contributed by atoms with E-state index in [1.165, 1.54) is 38.5 Å². The molecule has 10 saturated heterocycles. The van der Waals surface area contributed by atoms with Gasteiger partial charge in [-0.15, -0.1) is 0 Å². The molecule has 10 fully saturated rings. The number of hydrogen-bond acceptors (Lipinski definition) is 1. The van der Waals surface area contributed by atoms with Gasteiger partial charge < -0.3 is 0 Å². The van der Waals surface area contributed by atoms with E-state index in [1.54, 1.807) is 0 Å². The second kappa shape index (κ2) is 0.697. The van der Waals surface area contributed by atoms with E-state index in [9.17, 15) is 0 Å². The Hall–Kier alpha value is -0.301. The Balaban J connectivity index is 1.58. The number of benzene rings is 1. The fraction of sp³-hybridized carbons (Fsp3) is 0.667. The van der Waals surface area contributed by atoms with Crippen molar-refractivity contribution in [1.82, 2.24) is 4.90 Å². The SMILES string of the molecule is CN(C)[C]12[CH]3[CH]4[CH]5[C]1(c1ccccc1)[Fe]45321678[CH]2[CH]1[CH]6[CH]7[CH]28. The first kappa shape index (κ1) is 7.81. The molecule has 20 heavy (non-hydrogen) atoms. The zero-order chi connectivity index (χ0) is 12.6. The van der Waals surface area contributed by atoms with Crippen molar-refractivity contribution in [3.8, 4) is 0 Å². The molecule has 5 unspecified atom stereocenters. The summed E-state index contributed by atoms with van der Waals surface area (Å²) in [6.45, 7) is -3.19. The van der Waals surface area contributed by atoms with Crippen LogP contribution in [0.25, 0.3) is 0 Å². The minimum atomic E-state index is -3.19. The van der Waals surface area contributed by atoms with E-state index >= 15 is 0 Å². The molecule has 10 aliphatic rings. The maximum atomic E-state index is 2.85. The van der Waals surface area contributed by atoms with Crippen molar-refractivity contribution >= 4 is 0 Å². The van der Waals surface area contributed by atoms with Crippen LogP contribution in [0.4, 0.5) is 0 Å². The van der Waals surface area contributed by atoms with Crippen molar-refractivity contribution in [2.24, 2.45) is 0 Å². The third-order valence-electron chi connectivity index (χ3n) is 16.6. The van der Waals surface area contributed by atoms with E-state index in [2.05, 4.69) is 49.3 Å². The van der Waals surface area contributed by atoms with Crippen molar-refractivity contribution in [1.29, 1.82) is 0 Å². The molecule has 10 heterocycles. The molecule has 1 aromatic rings. The summed E-state index contributed by atoms with van der Waals surface area (Å²) >= 11 is 0. The molecule has 1 aromatic carbocycles. The van der Waals surface area contributed by atoms with Crippen molar-refractivity contribution in [2.75, 3.05) is 14.1 Å². The van der Waals surface area contributed by atoms with Gasteiger partial charge in [0, 0.05) is 0 Å². The molecule has 0 saturated carbocycles. The van der Waals surface area contributed by atoms with Gasteiger partial charge in [0.05, 0.1) is 0 Å². The average molecular weight is 305 g/mol. The van der Waals surface area contributed by atoms with Crippen LogP contribution in [-0.2, 0) is 10.8 Å². The zero-order valence-electron chi connectivity index (χ0n) is 11.8. The predicted octanol–water partition coefficient (Wildman–Crippen LogP) is 3.95. The second-order valence-corrected chi connectivity index (χ2v) is 35.2. The summed E-state index contributed by atoms with van der Waals surface area (Å²) in [6.07, 6.45) is 0. The molecule has 0 radical (unpaired) electrons. The molecule has 0 bridgehead atoms. The molecule has 10 aliphatic heterocycles. The zero-order valence-corrected chi connectivity index (χ0v) is 12.9. The Morgan fingerprint density at radius 3 is 1.85 bits per heavy atom. The molecule has 1 spiro atoms. The predicted molar refractivity (Wildman–Crippen MR) is 74.5 cm³/mol. The van der Waals surface area contributed by atoms with Crippen LogP contribution in [0.5, 0.6) is 0 Å². The van der Waals surface area contributed by atoms with Crippen LogP contribution >= 0.6 is 0 Å². The van der Waals surface area contributed by atoms with Gasteiger partial charge in [0.15, 0.2) is 0 Å². The summed E-state index contributed by atoms with van der Waals surface area (Å²) in [5, 5.41) is 0. The third-order valence-corrected chi connectivity index (χ3v) is 59.4. The van der Waals surface area contributed by atoms with Crippen molar-refractivity contribution in [3.05, 3.63) is 35.9 Å². The number of nitrogens with zero attached hydrogens (tertiary/aromatic N) is 1. The summed E-state index contributed by atoms with van der Waals surface area (Å²) in [4.78, 5) is 13.9. The molecule has 104 valence electrons. The van der Waals surface area contributed by atoms with Gasteiger partial charge in [0.25, 0.3) is 0 Å². The van der Waals surface area contributed by atoms with E-state index in [-0.39, 0.29) is 0 Å². The first-order valence-corrected chi connectivity index (χ1v) is 14.6. The standard InChI is InChI=1S/C13H14N.C5H5.Fe/c1-14(2)13-10-6-9-12(13)11-7-4-3-5-8-11;1-2-4-5-3-1;/h3-10H,1-2H3;1-5H;. The second-order valence-electron chi connectivity index (χ2n) is 12.0. The average Bonchev–Trinajstić information content (AvgIpc) is 3.40. The molecule has 0 amide bonds. The maximum absolute atomic E-state index is 3.19. The summed E-state index contributed by atoms with van der Waals surface area (Å²) < 4.78 is 1.66. The van der Waals surface area contributed by atoms with Crippen molar-refractivity contribution in [2.45, 2.75) is 47.3 Å².